The molecule has 3 heterocycles. The van der Waals surface area contributed by atoms with Crippen molar-refractivity contribution in [2.45, 2.75) is 0 Å². The van der Waals surface area contributed by atoms with Crippen LogP contribution in [0.25, 0.3) is 94.7 Å². The van der Waals surface area contributed by atoms with E-state index < -0.39 is 0 Å². The Morgan fingerprint density at radius 1 is 0.380 bits per heavy atom. The number of para-hydroxylation sites is 3. The van der Waals surface area contributed by atoms with Crippen molar-refractivity contribution in [1.29, 1.82) is 0 Å². The SMILES string of the molecule is c1ccc(-c2cccc(-c3nc(-c4ccccc4)nc(-c4cccc5c4oc4cc6c7ccccc7n(-c7ccccc7)c6cc45)n3)c2)cc1. The first-order valence-corrected chi connectivity index (χ1v) is 16.7. The molecule has 0 fully saturated rings. The summed E-state index contributed by atoms with van der Waals surface area (Å²) in [5, 5.41) is 4.38. The monoisotopic (exact) mass is 640 g/mol. The lowest BCUT2D eigenvalue weighted by Gasteiger charge is -2.10. The van der Waals surface area contributed by atoms with Gasteiger partial charge in [0, 0.05) is 38.4 Å². The average molecular weight is 641 g/mol. The summed E-state index contributed by atoms with van der Waals surface area (Å²) in [4.78, 5) is 15.2. The number of benzene rings is 7. The second kappa shape index (κ2) is 11.4. The first-order valence-electron chi connectivity index (χ1n) is 16.7. The normalized spacial score (nSPS) is 11.6. The quantitative estimate of drug-likeness (QED) is 0.188. The maximum Gasteiger partial charge on any atom is 0.167 e. The van der Waals surface area contributed by atoms with Crippen molar-refractivity contribution in [2.24, 2.45) is 0 Å². The minimum atomic E-state index is 0.562. The Morgan fingerprint density at radius 2 is 0.980 bits per heavy atom. The molecule has 0 amide bonds. The number of aromatic nitrogens is 4. The standard InChI is InChI=1S/C45H28N4O/c1-4-14-29(15-5-1)31-18-12-19-32(26-31)44-46-43(30-16-6-2-7-17-30)47-45(48-44)36-24-13-23-35-38-27-40-37(28-41(38)50-42(35)36)34-22-10-11-25-39(34)49(40)33-20-8-3-9-21-33/h1-28H. The fourth-order valence-electron chi connectivity index (χ4n) is 7.10. The van der Waals surface area contributed by atoms with Crippen molar-refractivity contribution in [3.05, 3.63) is 170 Å². The molecule has 0 unspecified atom stereocenters. The molecule has 0 aliphatic heterocycles. The van der Waals surface area contributed by atoms with E-state index in [1.54, 1.807) is 0 Å². The smallest absolute Gasteiger partial charge is 0.167 e. The molecule has 0 atom stereocenters. The third-order valence-corrected chi connectivity index (χ3v) is 9.44. The third-order valence-electron chi connectivity index (χ3n) is 9.44. The minimum absolute atomic E-state index is 0.562. The zero-order chi connectivity index (χ0) is 33.0. The Morgan fingerprint density at radius 3 is 1.78 bits per heavy atom. The van der Waals surface area contributed by atoms with E-state index in [0.717, 1.165) is 71.9 Å². The van der Waals surface area contributed by atoms with Gasteiger partial charge in [0.15, 0.2) is 17.5 Å². The van der Waals surface area contributed by atoms with Gasteiger partial charge in [-0.05, 0) is 53.6 Å². The fraction of sp³-hybridized carbons (Fsp3) is 0. The van der Waals surface area contributed by atoms with Gasteiger partial charge in [-0.1, -0.05) is 127 Å². The lowest BCUT2D eigenvalue weighted by Crippen LogP contribution is -2.00. The molecular weight excluding hydrogens is 613 g/mol. The van der Waals surface area contributed by atoms with E-state index >= 15 is 0 Å². The van der Waals surface area contributed by atoms with Crippen molar-refractivity contribution in [3.8, 4) is 51.0 Å². The fourth-order valence-corrected chi connectivity index (χ4v) is 7.10. The molecule has 50 heavy (non-hydrogen) atoms. The van der Waals surface area contributed by atoms with Gasteiger partial charge in [-0.25, -0.2) is 15.0 Å². The predicted octanol–water partition coefficient (Wildman–Crippen LogP) is 11.5. The van der Waals surface area contributed by atoms with Crippen LogP contribution >= 0.6 is 0 Å². The summed E-state index contributed by atoms with van der Waals surface area (Å²) in [5.74, 6) is 1.78. The second-order valence-electron chi connectivity index (χ2n) is 12.5. The van der Waals surface area contributed by atoms with E-state index in [2.05, 4.69) is 132 Å². The summed E-state index contributed by atoms with van der Waals surface area (Å²) in [7, 11) is 0. The molecule has 0 radical (unpaired) electrons. The van der Waals surface area contributed by atoms with Crippen molar-refractivity contribution in [1.82, 2.24) is 19.5 Å². The molecule has 0 aliphatic rings. The maximum absolute atomic E-state index is 6.77. The molecule has 0 saturated carbocycles. The van der Waals surface area contributed by atoms with Crippen molar-refractivity contribution in [2.75, 3.05) is 0 Å². The summed E-state index contributed by atoms with van der Waals surface area (Å²) in [5.41, 5.74) is 9.88. The number of rotatable bonds is 5. The maximum atomic E-state index is 6.77. The third kappa shape index (κ3) is 4.60. The first kappa shape index (κ1) is 28.2. The van der Waals surface area contributed by atoms with E-state index in [4.69, 9.17) is 19.4 Å². The summed E-state index contributed by atoms with van der Waals surface area (Å²) < 4.78 is 9.10. The van der Waals surface area contributed by atoms with Crippen LogP contribution in [0.1, 0.15) is 0 Å². The topological polar surface area (TPSA) is 56.7 Å². The van der Waals surface area contributed by atoms with Crippen LogP contribution in [0.5, 0.6) is 0 Å². The number of hydrogen-bond donors (Lipinski definition) is 0. The first-order chi connectivity index (χ1) is 24.8. The van der Waals surface area contributed by atoms with Crippen LogP contribution in [0.4, 0.5) is 0 Å². The number of furan rings is 1. The average Bonchev–Trinajstić information content (AvgIpc) is 3.72. The number of nitrogens with zero attached hydrogens (tertiary/aromatic N) is 4. The Labute approximate surface area is 287 Å². The highest BCUT2D eigenvalue weighted by atomic mass is 16.3. The summed E-state index contributed by atoms with van der Waals surface area (Å²) >= 11 is 0. The second-order valence-corrected chi connectivity index (χ2v) is 12.5. The molecule has 0 spiro atoms. The van der Waals surface area contributed by atoms with Crippen molar-refractivity contribution in [3.63, 3.8) is 0 Å². The van der Waals surface area contributed by atoms with Gasteiger partial charge in [0.1, 0.15) is 11.2 Å². The van der Waals surface area contributed by atoms with Gasteiger partial charge in [-0.2, -0.15) is 0 Å². The van der Waals surface area contributed by atoms with Gasteiger partial charge in [-0.3, -0.25) is 0 Å². The lowest BCUT2D eigenvalue weighted by atomic mass is 10.0. The van der Waals surface area contributed by atoms with Gasteiger partial charge < -0.3 is 8.98 Å². The largest absolute Gasteiger partial charge is 0.455 e. The highest BCUT2D eigenvalue weighted by Gasteiger charge is 2.20. The van der Waals surface area contributed by atoms with Gasteiger partial charge in [0.25, 0.3) is 0 Å². The van der Waals surface area contributed by atoms with Crippen LogP contribution in [0, 0.1) is 0 Å². The van der Waals surface area contributed by atoms with Crippen LogP contribution in [-0.2, 0) is 0 Å². The molecule has 10 rings (SSSR count). The van der Waals surface area contributed by atoms with Crippen LogP contribution in [0.3, 0.4) is 0 Å². The zero-order valence-electron chi connectivity index (χ0n) is 26.9. The minimum Gasteiger partial charge on any atom is -0.455 e. The summed E-state index contributed by atoms with van der Waals surface area (Å²) in [6.07, 6.45) is 0. The molecule has 0 aliphatic carbocycles. The Balaban J connectivity index is 1.20. The highest BCUT2D eigenvalue weighted by molar-refractivity contribution is 6.18. The van der Waals surface area contributed by atoms with Gasteiger partial charge >= 0.3 is 0 Å². The summed E-state index contributed by atoms with van der Waals surface area (Å²) in [6.45, 7) is 0. The number of hydrogen-bond acceptors (Lipinski definition) is 4. The van der Waals surface area contributed by atoms with E-state index in [0.29, 0.717) is 17.5 Å². The Bertz CT molecular complexity index is 2860. The Hall–Kier alpha value is -6.85. The highest BCUT2D eigenvalue weighted by Crippen LogP contribution is 2.41. The van der Waals surface area contributed by atoms with Gasteiger partial charge in [0.2, 0.25) is 0 Å². The molecule has 10 aromatic rings. The van der Waals surface area contributed by atoms with Gasteiger partial charge in [0.05, 0.1) is 16.6 Å². The summed E-state index contributed by atoms with van der Waals surface area (Å²) in [6, 6.07) is 58.5. The molecule has 5 heteroatoms. The molecule has 0 bridgehead atoms. The molecule has 0 saturated heterocycles. The molecule has 5 nitrogen and oxygen atoms in total. The number of fused-ring (bicyclic) bond motifs is 6. The Kier molecular flexibility index (Phi) is 6.42. The molecule has 0 N–H and O–H groups in total. The predicted molar refractivity (Wildman–Crippen MR) is 203 cm³/mol. The molecular formula is C45H28N4O. The van der Waals surface area contributed by atoms with E-state index in [1.807, 2.05) is 42.5 Å². The molecule has 7 aromatic carbocycles. The molecule has 234 valence electrons. The van der Waals surface area contributed by atoms with Crippen LogP contribution in [0.15, 0.2) is 174 Å². The van der Waals surface area contributed by atoms with Crippen LogP contribution in [-0.4, -0.2) is 19.5 Å². The van der Waals surface area contributed by atoms with Crippen molar-refractivity contribution >= 4 is 43.7 Å². The van der Waals surface area contributed by atoms with Crippen LogP contribution < -0.4 is 0 Å². The van der Waals surface area contributed by atoms with E-state index in [9.17, 15) is 0 Å². The van der Waals surface area contributed by atoms with Crippen LogP contribution in [0.2, 0.25) is 0 Å². The van der Waals surface area contributed by atoms with Gasteiger partial charge in [-0.15, -0.1) is 0 Å². The van der Waals surface area contributed by atoms with Crippen molar-refractivity contribution < 1.29 is 4.42 Å². The zero-order valence-corrected chi connectivity index (χ0v) is 26.9. The van der Waals surface area contributed by atoms with E-state index in [1.165, 1.54) is 5.39 Å². The molecule has 3 aromatic heterocycles. The lowest BCUT2D eigenvalue weighted by molar-refractivity contribution is 0.670. The van der Waals surface area contributed by atoms with E-state index in [-0.39, 0.29) is 0 Å².